The zero-order valence-corrected chi connectivity index (χ0v) is 11.7. The van der Waals surface area contributed by atoms with Crippen molar-refractivity contribution in [2.75, 3.05) is 0 Å². The lowest BCUT2D eigenvalue weighted by Gasteiger charge is -2.30. The maximum absolute atomic E-state index is 11.3. The Balaban J connectivity index is 1.70. The van der Waals surface area contributed by atoms with Crippen LogP contribution in [-0.4, -0.2) is 39.2 Å². The molecule has 1 aromatic rings. The number of carboxylic acid groups (broad SMARTS) is 1. The number of aromatic hydroxyl groups is 1. The van der Waals surface area contributed by atoms with E-state index in [-0.39, 0.29) is 17.7 Å². The van der Waals surface area contributed by atoms with Gasteiger partial charge in [-0.15, -0.1) is 0 Å². The van der Waals surface area contributed by atoms with Crippen LogP contribution in [0.4, 0.5) is 0 Å². The summed E-state index contributed by atoms with van der Waals surface area (Å²) in [6.45, 7) is 2.18. The molecule has 1 aromatic carbocycles. The van der Waals surface area contributed by atoms with Gasteiger partial charge in [-0.25, -0.2) is 0 Å². The summed E-state index contributed by atoms with van der Waals surface area (Å²) in [7, 11) is 0. The molecule has 4 heteroatoms. The molecule has 2 saturated heterocycles. The average molecular weight is 275 g/mol. The predicted octanol–water partition coefficient (Wildman–Crippen LogP) is 2.26. The van der Waals surface area contributed by atoms with Crippen molar-refractivity contribution in [2.45, 2.75) is 50.7 Å². The SMILES string of the molecule is CC(Cc1ccc(O)cc1)N1C2CCC1C(C(=O)O)C2. The number of hydrogen-bond acceptors (Lipinski definition) is 3. The summed E-state index contributed by atoms with van der Waals surface area (Å²) in [5, 5.41) is 18.6. The number of hydrogen-bond donors (Lipinski definition) is 2. The molecule has 4 nitrogen and oxygen atoms in total. The highest BCUT2D eigenvalue weighted by molar-refractivity contribution is 5.71. The molecular formula is C16H21NO3. The standard InChI is InChI=1S/C16H21NO3/c1-10(8-11-2-5-13(18)6-3-11)17-12-4-7-15(17)14(9-12)16(19)20/h2-3,5-6,10,12,14-15,18H,4,7-9H2,1H3,(H,19,20). The lowest BCUT2D eigenvalue weighted by atomic mass is 9.89. The van der Waals surface area contributed by atoms with Crippen LogP contribution in [-0.2, 0) is 11.2 Å². The van der Waals surface area contributed by atoms with Crippen LogP contribution in [0.2, 0.25) is 0 Å². The molecular weight excluding hydrogens is 254 g/mol. The van der Waals surface area contributed by atoms with Crippen molar-refractivity contribution < 1.29 is 15.0 Å². The first-order valence-corrected chi connectivity index (χ1v) is 7.34. The quantitative estimate of drug-likeness (QED) is 0.885. The fraction of sp³-hybridized carbons (Fsp3) is 0.562. The molecule has 0 amide bonds. The molecule has 0 aromatic heterocycles. The highest BCUT2D eigenvalue weighted by atomic mass is 16.4. The molecule has 2 N–H and O–H groups in total. The minimum Gasteiger partial charge on any atom is -0.508 e. The highest BCUT2D eigenvalue weighted by Gasteiger charge is 2.50. The number of carbonyl (C=O) groups is 1. The molecule has 2 bridgehead atoms. The number of carboxylic acids is 1. The Bertz CT molecular complexity index is 499. The van der Waals surface area contributed by atoms with Gasteiger partial charge in [0.15, 0.2) is 0 Å². The van der Waals surface area contributed by atoms with E-state index in [1.807, 2.05) is 12.1 Å². The van der Waals surface area contributed by atoms with E-state index >= 15 is 0 Å². The summed E-state index contributed by atoms with van der Waals surface area (Å²) in [4.78, 5) is 13.7. The van der Waals surface area contributed by atoms with Gasteiger partial charge < -0.3 is 10.2 Å². The molecule has 2 aliphatic heterocycles. The van der Waals surface area contributed by atoms with Crippen molar-refractivity contribution in [3.05, 3.63) is 29.8 Å². The summed E-state index contributed by atoms with van der Waals surface area (Å²) in [5.74, 6) is -0.538. The molecule has 3 rings (SSSR count). The first kappa shape index (κ1) is 13.4. The lowest BCUT2D eigenvalue weighted by Crippen LogP contribution is -2.40. The molecule has 0 aliphatic carbocycles. The van der Waals surface area contributed by atoms with Gasteiger partial charge in [-0.3, -0.25) is 9.69 Å². The van der Waals surface area contributed by atoms with E-state index in [0.29, 0.717) is 12.1 Å². The number of nitrogens with zero attached hydrogens (tertiary/aromatic N) is 1. The lowest BCUT2D eigenvalue weighted by molar-refractivity contribution is -0.142. The van der Waals surface area contributed by atoms with E-state index < -0.39 is 5.97 Å². The van der Waals surface area contributed by atoms with Gasteiger partial charge in [0.05, 0.1) is 5.92 Å². The Morgan fingerprint density at radius 2 is 2.05 bits per heavy atom. The van der Waals surface area contributed by atoms with Crippen LogP contribution < -0.4 is 0 Å². The van der Waals surface area contributed by atoms with Gasteiger partial charge in [0.1, 0.15) is 5.75 Å². The van der Waals surface area contributed by atoms with Gasteiger partial charge in [0.25, 0.3) is 0 Å². The van der Waals surface area contributed by atoms with Crippen LogP contribution in [0.1, 0.15) is 31.7 Å². The maximum atomic E-state index is 11.3. The molecule has 0 saturated carbocycles. The molecule has 0 radical (unpaired) electrons. The van der Waals surface area contributed by atoms with Crippen LogP contribution in [0.25, 0.3) is 0 Å². The normalized spacial score (nSPS) is 30.6. The number of fused-ring (bicyclic) bond motifs is 2. The predicted molar refractivity (Wildman–Crippen MR) is 75.7 cm³/mol. The number of aliphatic carboxylic acids is 1. The van der Waals surface area contributed by atoms with E-state index in [1.54, 1.807) is 12.1 Å². The van der Waals surface area contributed by atoms with E-state index in [2.05, 4.69) is 11.8 Å². The largest absolute Gasteiger partial charge is 0.508 e. The van der Waals surface area contributed by atoms with Crippen molar-refractivity contribution in [3.63, 3.8) is 0 Å². The number of benzene rings is 1. The minimum atomic E-state index is -0.640. The second-order valence-electron chi connectivity index (χ2n) is 6.15. The van der Waals surface area contributed by atoms with Gasteiger partial charge in [0, 0.05) is 18.1 Å². The summed E-state index contributed by atoms with van der Waals surface area (Å²) in [5.41, 5.74) is 1.19. The monoisotopic (exact) mass is 275 g/mol. The van der Waals surface area contributed by atoms with E-state index in [1.165, 1.54) is 5.56 Å². The highest BCUT2D eigenvalue weighted by Crippen LogP contribution is 2.43. The second-order valence-corrected chi connectivity index (χ2v) is 6.15. The van der Waals surface area contributed by atoms with Crippen LogP contribution in [0.3, 0.4) is 0 Å². The van der Waals surface area contributed by atoms with E-state index in [4.69, 9.17) is 0 Å². The first-order chi connectivity index (χ1) is 9.56. The second kappa shape index (κ2) is 5.09. The number of phenolic OH excluding ortho intramolecular Hbond substituents is 1. The van der Waals surface area contributed by atoms with Crippen molar-refractivity contribution in [1.82, 2.24) is 4.90 Å². The van der Waals surface area contributed by atoms with Crippen LogP contribution >= 0.6 is 0 Å². The Morgan fingerprint density at radius 3 is 2.65 bits per heavy atom. The molecule has 2 heterocycles. The van der Waals surface area contributed by atoms with Crippen LogP contribution in [0, 0.1) is 5.92 Å². The Hall–Kier alpha value is -1.55. The van der Waals surface area contributed by atoms with Gasteiger partial charge in [-0.05, 0) is 50.3 Å². The fourth-order valence-corrected chi connectivity index (χ4v) is 4.06. The fourth-order valence-electron chi connectivity index (χ4n) is 4.06. The van der Waals surface area contributed by atoms with E-state index in [9.17, 15) is 15.0 Å². The third kappa shape index (κ3) is 2.29. The molecule has 4 atom stereocenters. The Labute approximate surface area is 119 Å². The minimum absolute atomic E-state index is 0.184. The Kier molecular flexibility index (Phi) is 3.42. The number of rotatable bonds is 4. The summed E-state index contributed by atoms with van der Waals surface area (Å²) < 4.78 is 0. The van der Waals surface area contributed by atoms with Crippen LogP contribution in [0.15, 0.2) is 24.3 Å². The summed E-state index contributed by atoms with van der Waals surface area (Å²) in [6.07, 6.45) is 3.86. The molecule has 4 unspecified atom stereocenters. The zero-order chi connectivity index (χ0) is 14.3. The van der Waals surface area contributed by atoms with Gasteiger partial charge in [-0.2, -0.15) is 0 Å². The van der Waals surface area contributed by atoms with Crippen LogP contribution in [0.5, 0.6) is 5.75 Å². The third-order valence-corrected chi connectivity index (χ3v) is 4.88. The van der Waals surface area contributed by atoms with Crippen molar-refractivity contribution in [1.29, 1.82) is 0 Å². The smallest absolute Gasteiger partial charge is 0.308 e. The summed E-state index contributed by atoms with van der Waals surface area (Å²) >= 11 is 0. The molecule has 0 spiro atoms. The van der Waals surface area contributed by atoms with Gasteiger partial charge in [0.2, 0.25) is 0 Å². The molecule has 2 fully saturated rings. The Morgan fingerprint density at radius 1 is 1.35 bits per heavy atom. The van der Waals surface area contributed by atoms with Gasteiger partial charge >= 0.3 is 5.97 Å². The summed E-state index contributed by atoms with van der Waals surface area (Å²) in [6, 6.07) is 8.30. The molecule has 2 aliphatic rings. The average Bonchev–Trinajstić information content (AvgIpc) is 2.99. The van der Waals surface area contributed by atoms with Crippen molar-refractivity contribution >= 4 is 5.97 Å². The van der Waals surface area contributed by atoms with Crippen molar-refractivity contribution in [2.24, 2.45) is 5.92 Å². The van der Waals surface area contributed by atoms with Crippen molar-refractivity contribution in [3.8, 4) is 5.75 Å². The zero-order valence-electron chi connectivity index (χ0n) is 11.7. The topological polar surface area (TPSA) is 60.8 Å². The number of phenols is 1. The molecule has 108 valence electrons. The first-order valence-electron chi connectivity index (χ1n) is 7.34. The third-order valence-electron chi connectivity index (χ3n) is 4.88. The molecule has 20 heavy (non-hydrogen) atoms. The van der Waals surface area contributed by atoms with E-state index in [0.717, 1.165) is 25.7 Å². The maximum Gasteiger partial charge on any atom is 0.308 e. The van der Waals surface area contributed by atoms with Gasteiger partial charge in [-0.1, -0.05) is 12.1 Å².